The molecule has 2 heteroatoms. The van der Waals surface area contributed by atoms with Crippen LogP contribution in [-0.4, -0.2) is 7.11 Å². The van der Waals surface area contributed by atoms with Crippen LogP contribution in [0, 0.1) is 5.82 Å². The van der Waals surface area contributed by atoms with Gasteiger partial charge in [0.05, 0.1) is 6.10 Å². The van der Waals surface area contributed by atoms with Gasteiger partial charge in [0.2, 0.25) is 0 Å². The maximum Gasteiger partial charge on any atom is 0.128 e. The lowest BCUT2D eigenvalue weighted by atomic mass is 10.1. The van der Waals surface area contributed by atoms with Gasteiger partial charge in [0.1, 0.15) is 5.82 Å². The van der Waals surface area contributed by atoms with Gasteiger partial charge in [-0.15, -0.1) is 0 Å². The van der Waals surface area contributed by atoms with Crippen LogP contribution in [-0.2, 0) is 4.74 Å². The molecule has 0 aliphatic carbocycles. The van der Waals surface area contributed by atoms with Crippen LogP contribution in [0.25, 0.3) is 0 Å². The second-order valence-corrected chi connectivity index (χ2v) is 2.40. The van der Waals surface area contributed by atoms with E-state index in [2.05, 4.69) is 0 Å². The predicted octanol–water partition coefficient (Wildman–Crippen LogP) is 2.53. The zero-order valence-electron chi connectivity index (χ0n) is 6.67. The van der Waals surface area contributed by atoms with Crippen LogP contribution in [0.15, 0.2) is 24.3 Å². The first-order valence-corrected chi connectivity index (χ1v) is 3.53. The predicted molar refractivity (Wildman–Crippen MR) is 41.8 cm³/mol. The fourth-order valence-electron chi connectivity index (χ4n) is 0.932. The standard InChI is InChI=1S/C9H11FO/c1-7(11-2)8-5-3-4-6-9(8)10/h3-7H,1-2H3. The van der Waals surface area contributed by atoms with E-state index < -0.39 is 0 Å². The lowest BCUT2D eigenvalue weighted by Gasteiger charge is -2.09. The summed E-state index contributed by atoms with van der Waals surface area (Å²) in [5.74, 6) is -0.207. The first kappa shape index (κ1) is 8.21. The van der Waals surface area contributed by atoms with Crippen LogP contribution in [0.4, 0.5) is 4.39 Å². The van der Waals surface area contributed by atoms with Gasteiger partial charge in [-0.25, -0.2) is 4.39 Å². The molecule has 60 valence electrons. The molecule has 0 bridgehead atoms. The van der Waals surface area contributed by atoms with Gasteiger partial charge in [-0.1, -0.05) is 18.2 Å². The lowest BCUT2D eigenvalue weighted by Crippen LogP contribution is -1.98. The van der Waals surface area contributed by atoms with Gasteiger partial charge in [-0.05, 0) is 13.0 Å². The molecule has 1 aromatic carbocycles. The number of hydrogen-bond donors (Lipinski definition) is 0. The molecule has 1 atom stereocenters. The highest BCUT2D eigenvalue weighted by Gasteiger charge is 2.07. The molecule has 0 radical (unpaired) electrons. The van der Waals surface area contributed by atoms with Crippen molar-refractivity contribution in [3.05, 3.63) is 35.6 Å². The van der Waals surface area contributed by atoms with E-state index in [1.165, 1.54) is 6.07 Å². The van der Waals surface area contributed by atoms with E-state index in [0.717, 1.165) is 0 Å². The number of hydrogen-bond acceptors (Lipinski definition) is 1. The van der Waals surface area contributed by atoms with Gasteiger partial charge in [0.15, 0.2) is 0 Å². The summed E-state index contributed by atoms with van der Waals surface area (Å²) < 4.78 is 17.9. The van der Waals surface area contributed by atoms with E-state index in [-0.39, 0.29) is 11.9 Å². The van der Waals surface area contributed by atoms with Crippen LogP contribution in [0.2, 0.25) is 0 Å². The first-order chi connectivity index (χ1) is 5.25. The minimum absolute atomic E-state index is 0.170. The first-order valence-electron chi connectivity index (χ1n) is 3.53. The monoisotopic (exact) mass is 154 g/mol. The Labute approximate surface area is 65.8 Å². The third-order valence-corrected chi connectivity index (χ3v) is 1.70. The van der Waals surface area contributed by atoms with Gasteiger partial charge in [0, 0.05) is 12.7 Å². The summed E-state index contributed by atoms with van der Waals surface area (Å²) in [6, 6.07) is 6.63. The highest BCUT2D eigenvalue weighted by molar-refractivity contribution is 5.19. The van der Waals surface area contributed by atoms with Crippen LogP contribution >= 0.6 is 0 Å². The Morgan fingerprint density at radius 3 is 2.55 bits per heavy atom. The van der Waals surface area contributed by atoms with Gasteiger partial charge in [0.25, 0.3) is 0 Å². The number of methoxy groups -OCH3 is 1. The summed E-state index contributed by atoms with van der Waals surface area (Å²) >= 11 is 0. The molecule has 1 aromatic rings. The molecule has 0 aliphatic rings. The zero-order chi connectivity index (χ0) is 8.27. The van der Waals surface area contributed by atoms with Gasteiger partial charge >= 0.3 is 0 Å². The molecule has 0 spiro atoms. The minimum atomic E-state index is -0.207. The fraction of sp³-hybridized carbons (Fsp3) is 0.333. The summed E-state index contributed by atoms with van der Waals surface area (Å²) in [7, 11) is 1.57. The van der Waals surface area contributed by atoms with E-state index in [9.17, 15) is 4.39 Å². The maximum atomic E-state index is 12.9. The van der Waals surface area contributed by atoms with Gasteiger partial charge in [-0.2, -0.15) is 0 Å². The smallest absolute Gasteiger partial charge is 0.128 e. The number of ether oxygens (including phenoxy) is 1. The summed E-state index contributed by atoms with van der Waals surface area (Å²) in [4.78, 5) is 0. The van der Waals surface area contributed by atoms with Crippen molar-refractivity contribution in [1.29, 1.82) is 0 Å². The van der Waals surface area contributed by atoms with E-state index >= 15 is 0 Å². The molecule has 0 heterocycles. The normalized spacial score (nSPS) is 13.0. The Bertz CT molecular complexity index is 235. The second kappa shape index (κ2) is 3.49. The summed E-state index contributed by atoms with van der Waals surface area (Å²) in [5.41, 5.74) is 0.606. The molecular weight excluding hydrogens is 143 g/mol. The summed E-state index contributed by atoms with van der Waals surface area (Å²) in [6.45, 7) is 1.82. The molecule has 1 rings (SSSR count). The van der Waals surface area contributed by atoms with Crippen molar-refractivity contribution in [2.45, 2.75) is 13.0 Å². The Hall–Kier alpha value is -0.890. The molecule has 0 amide bonds. The zero-order valence-corrected chi connectivity index (χ0v) is 6.67. The highest BCUT2D eigenvalue weighted by Crippen LogP contribution is 2.18. The van der Waals surface area contributed by atoms with Gasteiger partial charge in [-0.3, -0.25) is 0 Å². The Balaban J connectivity index is 2.93. The summed E-state index contributed by atoms with van der Waals surface area (Å²) in [5, 5.41) is 0. The second-order valence-electron chi connectivity index (χ2n) is 2.40. The largest absolute Gasteiger partial charge is 0.377 e. The molecule has 1 unspecified atom stereocenters. The Morgan fingerprint density at radius 1 is 1.36 bits per heavy atom. The van der Waals surface area contributed by atoms with E-state index in [1.807, 2.05) is 6.92 Å². The number of rotatable bonds is 2. The van der Waals surface area contributed by atoms with E-state index in [0.29, 0.717) is 5.56 Å². The molecule has 0 aromatic heterocycles. The number of benzene rings is 1. The lowest BCUT2D eigenvalue weighted by molar-refractivity contribution is 0.116. The molecular formula is C9H11FO. The van der Waals surface area contributed by atoms with E-state index in [1.54, 1.807) is 25.3 Å². The summed E-state index contributed by atoms with van der Waals surface area (Å²) in [6.07, 6.45) is -0.170. The molecule has 0 saturated heterocycles. The molecule has 0 fully saturated rings. The van der Waals surface area contributed by atoms with Crippen molar-refractivity contribution in [3.63, 3.8) is 0 Å². The minimum Gasteiger partial charge on any atom is -0.377 e. The average Bonchev–Trinajstić information content (AvgIpc) is 2.04. The van der Waals surface area contributed by atoms with Gasteiger partial charge < -0.3 is 4.74 Å². The topological polar surface area (TPSA) is 9.23 Å². The fourth-order valence-corrected chi connectivity index (χ4v) is 0.932. The Kier molecular flexibility index (Phi) is 2.60. The van der Waals surface area contributed by atoms with E-state index in [4.69, 9.17) is 4.74 Å². The van der Waals surface area contributed by atoms with Crippen LogP contribution < -0.4 is 0 Å². The van der Waals surface area contributed by atoms with Crippen LogP contribution in [0.1, 0.15) is 18.6 Å². The highest BCUT2D eigenvalue weighted by atomic mass is 19.1. The van der Waals surface area contributed by atoms with Crippen molar-refractivity contribution in [1.82, 2.24) is 0 Å². The molecule has 0 saturated carbocycles. The third kappa shape index (κ3) is 1.77. The van der Waals surface area contributed by atoms with Crippen molar-refractivity contribution in [3.8, 4) is 0 Å². The van der Waals surface area contributed by atoms with Crippen molar-refractivity contribution < 1.29 is 9.13 Å². The van der Waals surface area contributed by atoms with Crippen molar-refractivity contribution in [2.75, 3.05) is 7.11 Å². The third-order valence-electron chi connectivity index (χ3n) is 1.70. The Morgan fingerprint density at radius 2 is 2.00 bits per heavy atom. The number of halogens is 1. The quantitative estimate of drug-likeness (QED) is 0.636. The molecule has 11 heavy (non-hydrogen) atoms. The molecule has 0 N–H and O–H groups in total. The maximum absolute atomic E-state index is 12.9. The molecule has 0 aliphatic heterocycles. The van der Waals surface area contributed by atoms with Crippen LogP contribution in [0.5, 0.6) is 0 Å². The average molecular weight is 154 g/mol. The van der Waals surface area contributed by atoms with Crippen molar-refractivity contribution in [2.24, 2.45) is 0 Å². The molecule has 1 nitrogen and oxygen atoms in total. The van der Waals surface area contributed by atoms with Crippen LogP contribution in [0.3, 0.4) is 0 Å². The SMILES string of the molecule is COC(C)c1ccccc1F. The van der Waals surface area contributed by atoms with Crippen molar-refractivity contribution >= 4 is 0 Å².